The SMILES string of the molecule is COC1(C(=O)O)CSC(COc2ccccc2)=C1C12CC3CC(CC(C3)C1)C2. The molecule has 1 unspecified atom stereocenters. The monoisotopic (exact) mass is 400 g/mol. The molecule has 4 fully saturated rings. The van der Waals surface area contributed by atoms with Crippen LogP contribution in [0.1, 0.15) is 38.5 Å². The Morgan fingerprint density at radius 1 is 1.11 bits per heavy atom. The molecule has 150 valence electrons. The second-order valence-electron chi connectivity index (χ2n) is 9.22. The number of carboxylic acids is 1. The van der Waals surface area contributed by atoms with Crippen LogP contribution in [0.3, 0.4) is 0 Å². The van der Waals surface area contributed by atoms with Gasteiger partial charge in [-0.15, -0.1) is 11.8 Å². The summed E-state index contributed by atoms with van der Waals surface area (Å²) in [5, 5.41) is 10.2. The van der Waals surface area contributed by atoms with Gasteiger partial charge in [-0.25, -0.2) is 4.79 Å². The van der Waals surface area contributed by atoms with Crippen LogP contribution in [0.4, 0.5) is 0 Å². The van der Waals surface area contributed by atoms with E-state index in [1.54, 1.807) is 18.9 Å². The predicted octanol–water partition coefficient (Wildman–Crippen LogP) is 4.75. The van der Waals surface area contributed by atoms with E-state index in [4.69, 9.17) is 9.47 Å². The van der Waals surface area contributed by atoms with Crippen LogP contribution < -0.4 is 4.74 Å². The molecule has 4 aliphatic carbocycles. The van der Waals surface area contributed by atoms with E-state index < -0.39 is 11.6 Å². The van der Waals surface area contributed by atoms with Crippen molar-refractivity contribution < 1.29 is 19.4 Å². The highest BCUT2D eigenvalue weighted by atomic mass is 32.2. The lowest BCUT2D eigenvalue weighted by molar-refractivity contribution is -0.158. The van der Waals surface area contributed by atoms with E-state index in [-0.39, 0.29) is 5.41 Å². The summed E-state index contributed by atoms with van der Waals surface area (Å²) in [6.45, 7) is 0.435. The van der Waals surface area contributed by atoms with Crippen molar-refractivity contribution in [2.24, 2.45) is 23.2 Å². The van der Waals surface area contributed by atoms with Gasteiger partial charge in [-0.3, -0.25) is 0 Å². The van der Waals surface area contributed by atoms with Gasteiger partial charge < -0.3 is 14.6 Å². The van der Waals surface area contributed by atoms with Gasteiger partial charge in [-0.05, 0) is 79.4 Å². The van der Waals surface area contributed by atoms with Crippen molar-refractivity contribution >= 4 is 17.7 Å². The highest BCUT2D eigenvalue weighted by molar-refractivity contribution is 8.03. The lowest BCUT2D eigenvalue weighted by Gasteiger charge is -2.59. The first-order valence-electron chi connectivity index (χ1n) is 10.4. The lowest BCUT2D eigenvalue weighted by atomic mass is 9.46. The number of para-hydroxylation sites is 1. The summed E-state index contributed by atoms with van der Waals surface area (Å²) in [4.78, 5) is 13.6. The number of carboxylic acid groups (broad SMARTS) is 1. The van der Waals surface area contributed by atoms with Crippen molar-refractivity contribution in [2.45, 2.75) is 44.1 Å². The highest BCUT2D eigenvalue weighted by Gasteiger charge is 2.61. The predicted molar refractivity (Wildman–Crippen MR) is 109 cm³/mol. The standard InChI is InChI=1S/C23H28O4S/c1-26-23(21(24)25)14-28-19(13-27-18-5-3-2-4-6-18)20(23)22-10-15-7-16(11-22)9-17(8-15)12-22/h2-6,15-17H,7-14H2,1H3,(H,24,25). The quantitative estimate of drug-likeness (QED) is 0.747. The Morgan fingerprint density at radius 3 is 2.25 bits per heavy atom. The molecule has 0 aromatic heterocycles. The van der Waals surface area contributed by atoms with E-state index in [0.29, 0.717) is 12.4 Å². The highest BCUT2D eigenvalue weighted by Crippen LogP contribution is 2.66. The Labute approximate surface area is 170 Å². The van der Waals surface area contributed by atoms with E-state index >= 15 is 0 Å². The molecule has 5 heteroatoms. The average molecular weight is 401 g/mol. The zero-order valence-electron chi connectivity index (χ0n) is 16.4. The third kappa shape index (κ3) is 2.81. The first-order chi connectivity index (χ1) is 13.5. The molecule has 4 saturated carbocycles. The fourth-order valence-electron chi connectivity index (χ4n) is 6.90. The van der Waals surface area contributed by atoms with Gasteiger partial charge in [0.1, 0.15) is 12.4 Å². The summed E-state index contributed by atoms with van der Waals surface area (Å²) in [5.41, 5.74) is -0.164. The molecule has 0 saturated heterocycles. The molecule has 0 radical (unpaired) electrons. The number of methoxy groups -OCH3 is 1. The maximum absolute atomic E-state index is 12.5. The topological polar surface area (TPSA) is 55.8 Å². The number of aliphatic carboxylic acids is 1. The van der Waals surface area contributed by atoms with Gasteiger partial charge in [-0.1, -0.05) is 18.2 Å². The number of hydrogen-bond donors (Lipinski definition) is 1. The Hall–Kier alpha value is -1.46. The molecule has 0 amide bonds. The van der Waals surface area contributed by atoms with Crippen LogP contribution in [-0.2, 0) is 9.53 Å². The Bertz CT molecular complexity index is 767. The molecule has 4 bridgehead atoms. The van der Waals surface area contributed by atoms with Gasteiger partial charge in [0, 0.05) is 17.8 Å². The first-order valence-corrected chi connectivity index (χ1v) is 11.4. The Kier molecular flexibility index (Phi) is 4.51. The van der Waals surface area contributed by atoms with E-state index in [1.807, 2.05) is 30.3 Å². The van der Waals surface area contributed by atoms with Crippen LogP contribution in [0, 0.1) is 23.2 Å². The molecule has 1 N–H and O–H groups in total. The summed E-state index contributed by atoms with van der Waals surface area (Å²) < 4.78 is 11.9. The fraction of sp³-hybridized carbons (Fsp3) is 0.609. The van der Waals surface area contributed by atoms with Gasteiger partial charge in [-0.2, -0.15) is 0 Å². The smallest absolute Gasteiger partial charge is 0.341 e. The van der Waals surface area contributed by atoms with Crippen molar-refractivity contribution in [1.29, 1.82) is 0 Å². The van der Waals surface area contributed by atoms with Gasteiger partial charge in [0.05, 0.1) is 0 Å². The Balaban J connectivity index is 1.54. The van der Waals surface area contributed by atoms with Crippen molar-refractivity contribution in [3.63, 3.8) is 0 Å². The summed E-state index contributed by atoms with van der Waals surface area (Å²) >= 11 is 1.63. The fourth-order valence-corrected chi connectivity index (χ4v) is 8.33. The van der Waals surface area contributed by atoms with E-state index in [0.717, 1.165) is 53.2 Å². The number of hydrogen-bond acceptors (Lipinski definition) is 4. The molecule has 4 nitrogen and oxygen atoms in total. The van der Waals surface area contributed by atoms with E-state index in [1.165, 1.54) is 19.3 Å². The molecule has 28 heavy (non-hydrogen) atoms. The van der Waals surface area contributed by atoms with Crippen molar-refractivity contribution in [3.05, 3.63) is 40.8 Å². The van der Waals surface area contributed by atoms with Crippen LogP contribution in [0.25, 0.3) is 0 Å². The van der Waals surface area contributed by atoms with Gasteiger partial charge >= 0.3 is 5.97 Å². The summed E-state index contributed by atoms with van der Waals surface area (Å²) in [6.07, 6.45) is 7.39. The second kappa shape index (κ2) is 6.81. The van der Waals surface area contributed by atoms with Crippen LogP contribution in [-0.4, -0.2) is 36.1 Å². The normalized spacial score (nSPS) is 38.8. The molecule has 1 atom stereocenters. The average Bonchev–Trinajstić information content (AvgIpc) is 3.07. The molecule has 1 aromatic carbocycles. The second-order valence-corrected chi connectivity index (χ2v) is 10.3. The summed E-state index contributed by atoms with van der Waals surface area (Å²) in [7, 11) is 1.57. The third-order valence-corrected chi connectivity index (χ3v) is 8.73. The maximum Gasteiger partial charge on any atom is 0.341 e. The third-order valence-electron chi connectivity index (χ3n) is 7.51. The molecule has 5 aliphatic rings. The van der Waals surface area contributed by atoms with Crippen molar-refractivity contribution in [2.75, 3.05) is 19.5 Å². The number of rotatable bonds is 6. The molecule has 1 heterocycles. The molecule has 1 aromatic rings. The molecule has 6 rings (SSSR count). The minimum atomic E-state index is -1.20. The number of thioether (sulfide) groups is 1. The molecule has 0 spiro atoms. The summed E-state index contributed by atoms with van der Waals surface area (Å²) in [6, 6.07) is 9.79. The zero-order chi connectivity index (χ0) is 19.4. The van der Waals surface area contributed by atoms with Gasteiger partial charge in [0.2, 0.25) is 0 Å². The van der Waals surface area contributed by atoms with E-state index in [9.17, 15) is 9.90 Å². The molecular weight excluding hydrogens is 372 g/mol. The molecule has 1 aliphatic heterocycles. The number of carbonyl (C=O) groups is 1. The minimum absolute atomic E-state index is 0.0119. The Morgan fingerprint density at radius 2 is 1.71 bits per heavy atom. The van der Waals surface area contributed by atoms with E-state index in [2.05, 4.69) is 0 Å². The van der Waals surface area contributed by atoms with Crippen LogP contribution in [0.5, 0.6) is 5.75 Å². The van der Waals surface area contributed by atoms with Crippen LogP contribution >= 0.6 is 11.8 Å². The summed E-state index contributed by atoms with van der Waals surface area (Å²) in [5.74, 6) is 2.69. The van der Waals surface area contributed by atoms with Gasteiger partial charge in [0.15, 0.2) is 5.60 Å². The number of ether oxygens (including phenoxy) is 2. The minimum Gasteiger partial charge on any atom is -0.488 e. The molecular formula is C23H28O4S. The first kappa shape index (κ1) is 18.6. The van der Waals surface area contributed by atoms with Crippen LogP contribution in [0.2, 0.25) is 0 Å². The largest absolute Gasteiger partial charge is 0.488 e. The van der Waals surface area contributed by atoms with Crippen molar-refractivity contribution in [1.82, 2.24) is 0 Å². The lowest BCUT2D eigenvalue weighted by Crippen LogP contribution is -2.54. The van der Waals surface area contributed by atoms with Crippen molar-refractivity contribution in [3.8, 4) is 5.75 Å². The zero-order valence-corrected chi connectivity index (χ0v) is 17.2. The maximum atomic E-state index is 12.5. The number of benzene rings is 1. The van der Waals surface area contributed by atoms with Gasteiger partial charge in [0.25, 0.3) is 0 Å². The van der Waals surface area contributed by atoms with Crippen LogP contribution in [0.15, 0.2) is 40.8 Å².